The average Bonchev–Trinajstić information content (AvgIpc) is 2.47. The van der Waals surface area contributed by atoms with Crippen molar-refractivity contribution < 1.29 is 9.84 Å². The molecule has 0 bridgehead atoms. The summed E-state index contributed by atoms with van der Waals surface area (Å²) in [4.78, 5) is 6.54. The number of ether oxygens (including phenoxy) is 1. The lowest BCUT2D eigenvalue weighted by Crippen LogP contribution is -2.35. The fraction of sp³-hybridized carbons (Fsp3) is 0.533. The molecule has 2 heterocycles. The van der Waals surface area contributed by atoms with Crippen LogP contribution in [0.5, 0.6) is 5.88 Å². The minimum atomic E-state index is -0.128. The zero-order valence-corrected chi connectivity index (χ0v) is 11.7. The van der Waals surface area contributed by atoms with Crippen LogP contribution in [0.3, 0.4) is 0 Å². The van der Waals surface area contributed by atoms with Crippen molar-refractivity contribution in [1.82, 2.24) is 9.88 Å². The van der Waals surface area contributed by atoms with E-state index in [-0.39, 0.29) is 6.10 Å². The van der Waals surface area contributed by atoms with Crippen LogP contribution >= 0.6 is 0 Å². The van der Waals surface area contributed by atoms with E-state index in [0.29, 0.717) is 19.0 Å². The predicted octanol–water partition coefficient (Wildman–Crippen LogP) is 0.932. The summed E-state index contributed by atoms with van der Waals surface area (Å²) in [7, 11) is 0. The normalized spacial score (nSPS) is 17.7. The maximum atomic E-state index is 9.51. The minimum absolute atomic E-state index is 0.128. The summed E-state index contributed by atoms with van der Waals surface area (Å²) in [6, 6.07) is 3.98. The molecule has 0 aromatic carbocycles. The Labute approximate surface area is 120 Å². The van der Waals surface area contributed by atoms with Gasteiger partial charge in [-0.2, -0.15) is 0 Å². The van der Waals surface area contributed by atoms with Crippen molar-refractivity contribution in [2.45, 2.75) is 25.5 Å². The lowest BCUT2D eigenvalue weighted by Gasteiger charge is -2.29. The van der Waals surface area contributed by atoms with Gasteiger partial charge in [-0.25, -0.2) is 4.98 Å². The third-order valence-corrected chi connectivity index (χ3v) is 3.39. The highest BCUT2D eigenvalue weighted by atomic mass is 16.5. The Bertz CT molecular complexity index is 429. The van der Waals surface area contributed by atoms with Gasteiger partial charge in [-0.1, -0.05) is 12.2 Å². The molecular formula is C15H23N3O2. The van der Waals surface area contributed by atoms with Crippen molar-refractivity contribution in [2.75, 3.05) is 26.2 Å². The van der Waals surface area contributed by atoms with Crippen LogP contribution in [0.25, 0.3) is 0 Å². The number of rotatable bonds is 6. The first-order chi connectivity index (χ1) is 9.78. The van der Waals surface area contributed by atoms with Gasteiger partial charge in [0.05, 0.1) is 6.10 Å². The summed E-state index contributed by atoms with van der Waals surface area (Å²) in [5, 5.41) is 9.51. The molecule has 5 heteroatoms. The molecule has 0 radical (unpaired) electrons. The molecule has 1 aromatic rings. The predicted molar refractivity (Wildman–Crippen MR) is 78.4 cm³/mol. The number of piperidine rings is 1. The van der Waals surface area contributed by atoms with Crippen molar-refractivity contribution in [3.05, 3.63) is 36.0 Å². The highest BCUT2D eigenvalue weighted by Crippen LogP contribution is 2.16. The van der Waals surface area contributed by atoms with Crippen LogP contribution < -0.4 is 10.5 Å². The molecule has 0 spiro atoms. The Balaban J connectivity index is 1.84. The molecule has 3 N–H and O–H groups in total. The van der Waals surface area contributed by atoms with Crippen molar-refractivity contribution in [3.63, 3.8) is 0 Å². The lowest BCUT2D eigenvalue weighted by molar-refractivity contribution is 0.0792. The van der Waals surface area contributed by atoms with Gasteiger partial charge in [-0.15, -0.1) is 0 Å². The summed E-state index contributed by atoms with van der Waals surface area (Å²) in [6.45, 7) is 3.78. The van der Waals surface area contributed by atoms with Gasteiger partial charge in [0.25, 0.3) is 0 Å². The highest BCUT2D eigenvalue weighted by molar-refractivity contribution is 5.20. The van der Waals surface area contributed by atoms with Crippen LogP contribution in [0.4, 0.5) is 0 Å². The van der Waals surface area contributed by atoms with Crippen LogP contribution in [0.2, 0.25) is 0 Å². The van der Waals surface area contributed by atoms with Gasteiger partial charge in [0.1, 0.15) is 6.61 Å². The quantitative estimate of drug-likeness (QED) is 0.757. The Morgan fingerprint density at radius 2 is 2.20 bits per heavy atom. The third kappa shape index (κ3) is 4.92. The van der Waals surface area contributed by atoms with Gasteiger partial charge in [0.2, 0.25) is 5.88 Å². The molecule has 0 atom stereocenters. The molecule has 20 heavy (non-hydrogen) atoms. The first-order valence-corrected chi connectivity index (χ1v) is 7.11. The second-order valence-electron chi connectivity index (χ2n) is 5.03. The molecule has 1 aliphatic heterocycles. The largest absolute Gasteiger partial charge is 0.473 e. The molecule has 1 aliphatic rings. The second kappa shape index (κ2) is 7.99. The van der Waals surface area contributed by atoms with Crippen LogP contribution in [0, 0.1) is 0 Å². The molecule has 1 aromatic heterocycles. The molecule has 5 nitrogen and oxygen atoms in total. The maximum absolute atomic E-state index is 9.51. The molecule has 0 aliphatic carbocycles. The summed E-state index contributed by atoms with van der Waals surface area (Å²) in [6.07, 6.45) is 7.12. The molecular weight excluding hydrogens is 254 g/mol. The molecule has 0 saturated carbocycles. The van der Waals surface area contributed by atoms with Crippen molar-refractivity contribution >= 4 is 0 Å². The standard InChI is InChI=1S/C15H23N3O2/c16-6-1-2-10-20-15-11-13(3-7-17-15)12-18-8-4-14(19)5-9-18/h1-3,7,11,14,19H,4-6,8-10,12,16H2/b2-1+. The van der Waals surface area contributed by atoms with Crippen LogP contribution in [-0.2, 0) is 6.54 Å². The molecule has 110 valence electrons. The second-order valence-corrected chi connectivity index (χ2v) is 5.03. The van der Waals surface area contributed by atoms with Crippen molar-refractivity contribution in [2.24, 2.45) is 5.73 Å². The number of likely N-dealkylation sites (tertiary alicyclic amines) is 1. The highest BCUT2D eigenvalue weighted by Gasteiger charge is 2.16. The number of hydrogen-bond donors (Lipinski definition) is 2. The van der Waals surface area contributed by atoms with E-state index in [9.17, 15) is 5.11 Å². The smallest absolute Gasteiger partial charge is 0.213 e. The first-order valence-electron chi connectivity index (χ1n) is 7.11. The van der Waals surface area contributed by atoms with E-state index in [1.54, 1.807) is 6.20 Å². The molecule has 0 amide bonds. The Hall–Kier alpha value is -1.43. The van der Waals surface area contributed by atoms with Gasteiger partial charge in [-0.05, 0) is 24.5 Å². The van der Waals surface area contributed by atoms with Gasteiger partial charge in [0.15, 0.2) is 0 Å². The monoisotopic (exact) mass is 277 g/mol. The summed E-state index contributed by atoms with van der Waals surface area (Å²) in [5.41, 5.74) is 6.55. The third-order valence-electron chi connectivity index (χ3n) is 3.39. The number of nitrogens with two attached hydrogens (primary N) is 1. The van der Waals surface area contributed by atoms with E-state index in [2.05, 4.69) is 9.88 Å². The Kier molecular flexibility index (Phi) is 5.98. The SMILES string of the molecule is NC/C=C/COc1cc(CN2CCC(O)CC2)ccn1. The lowest BCUT2D eigenvalue weighted by atomic mass is 10.1. The fourth-order valence-electron chi connectivity index (χ4n) is 2.26. The number of aliphatic hydroxyl groups is 1. The number of aliphatic hydroxyl groups excluding tert-OH is 1. The minimum Gasteiger partial charge on any atom is -0.473 e. The number of nitrogens with zero attached hydrogens (tertiary/aromatic N) is 2. The number of pyridine rings is 1. The van der Waals surface area contributed by atoms with Crippen LogP contribution in [0.1, 0.15) is 18.4 Å². The molecule has 2 rings (SSSR count). The molecule has 0 unspecified atom stereocenters. The van der Waals surface area contributed by atoms with E-state index in [0.717, 1.165) is 32.5 Å². The topological polar surface area (TPSA) is 71.6 Å². The maximum Gasteiger partial charge on any atom is 0.213 e. The van der Waals surface area contributed by atoms with E-state index < -0.39 is 0 Å². The summed E-state index contributed by atoms with van der Waals surface area (Å²) in [5.74, 6) is 0.640. The van der Waals surface area contributed by atoms with E-state index in [1.807, 2.05) is 24.3 Å². The summed E-state index contributed by atoms with van der Waals surface area (Å²) >= 11 is 0. The van der Waals surface area contributed by atoms with E-state index in [4.69, 9.17) is 10.5 Å². The average molecular weight is 277 g/mol. The van der Waals surface area contributed by atoms with Crippen LogP contribution in [0.15, 0.2) is 30.5 Å². The van der Waals surface area contributed by atoms with Crippen molar-refractivity contribution in [1.29, 1.82) is 0 Å². The van der Waals surface area contributed by atoms with Gasteiger partial charge in [-0.3, -0.25) is 4.90 Å². The van der Waals surface area contributed by atoms with Gasteiger partial charge >= 0.3 is 0 Å². The molecule has 1 fully saturated rings. The first kappa shape index (κ1) is 15.0. The molecule has 1 saturated heterocycles. The Morgan fingerprint density at radius 3 is 2.95 bits per heavy atom. The van der Waals surface area contributed by atoms with Crippen LogP contribution in [-0.4, -0.2) is 47.3 Å². The van der Waals surface area contributed by atoms with Gasteiger partial charge in [0, 0.05) is 38.4 Å². The van der Waals surface area contributed by atoms with Crippen molar-refractivity contribution in [3.8, 4) is 5.88 Å². The van der Waals surface area contributed by atoms with E-state index >= 15 is 0 Å². The zero-order valence-electron chi connectivity index (χ0n) is 11.7. The Morgan fingerprint density at radius 1 is 1.40 bits per heavy atom. The summed E-state index contributed by atoms with van der Waals surface area (Å²) < 4.78 is 5.54. The number of aromatic nitrogens is 1. The van der Waals surface area contributed by atoms with Gasteiger partial charge < -0.3 is 15.6 Å². The zero-order chi connectivity index (χ0) is 14.2. The van der Waals surface area contributed by atoms with E-state index in [1.165, 1.54) is 5.56 Å². The number of hydrogen-bond acceptors (Lipinski definition) is 5. The fourth-order valence-corrected chi connectivity index (χ4v) is 2.26.